The number of hydrogen-bond acceptors (Lipinski definition) is 5. The number of fused-ring (bicyclic) bond motifs is 1. The molecule has 27 heavy (non-hydrogen) atoms. The molecule has 2 aromatic heterocycles. The van der Waals surface area contributed by atoms with E-state index in [0.29, 0.717) is 5.78 Å². The second-order valence-corrected chi connectivity index (χ2v) is 6.47. The van der Waals surface area contributed by atoms with Gasteiger partial charge in [-0.05, 0) is 48.4 Å². The van der Waals surface area contributed by atoms with Gasteiger partial charge in [-0.15, -0.1) is 0 Å². The van der Waals surface area contributed by atoms with Crippen molar-refractivity contribution in [2.45, 2.75) is 6.42 Å². The summed E-state index contributed by atoms with van der Waals surface area (Å²) in [5, 5.41) is 8.44. The van der Waals surface area contributed by atoms with Gasteiger partial charge in [0.05, 0.1) is 12.8 Å². The van der Waals surface area contributed by atoms with E-state index < -0.39 is 0 Å². The van der Waals surface area contributed by atoms with Crippen molar-refractivity contribution in [2.24, 2.45) is 0 Å². The van der Waals surface area contributed by atoms with Gasteiger partial charge in [-0.3, -0.25) is 0 Å². The topological polar surface area (TPSA) is 64.3 Å². The lowest BCUT2D eigenvalue weighted by Crippen LogP contribution is -2.10. The van der Waals surface area contributed by atoms with Crippen molar-refractivity contribution >= 4 is 23.2 Å². The summed E-state index contributed by atoms with van der Waals surface area (Å²) in [6.07, 6.45) is 2.37. The maximum Gasteiger partial charge on any atom is 0.254 e. The molecule has 0 spiro atoms. The van der Waals surface area contributed by atoms with E-state index in [1.165, 1.54) is 11.9 Å². The Morgan fingerprint density at radius 2 is 1.85 bits per heavy atom. The number of ether oxygens (including phenoxy) is 1. The average Bonchev–Trinajstić information content (AvgIpc) is 3.18. The minimum absolute atomic E-state index is 0.553. The third-order valence-corrected chi connectivity index (χ3v) is 4.52. The number of rotatable bonds is 6. The first-order chi connectivity index (χ1) is 13.2. The molecular weight excluding hydrogens is 362 g/mol. The highest BCUT2D eigenvalue weighted by atomic mass is 35.5. The van der Waals surface area contributed by atoms with Crippen LogP contribution in [-0.2, 0) is 6.42 Å². The average molecular weight is 380 g/mol. The number of aromatic nitrogens is 4. The molecule has 136 valence electrons. The molecule has 4 aromatic rings. The molecule has 1 N–H and O–H groups in total. The summed E-state index contributed by atoms with van der Waals surface area (Å²) in [6, 6.07) is 17.6. The van der Waals surface area contributed by atoms with E-state index in [0.717, 1.165) is 40.8 Å². The van der Waals surface area contributed by atoms with Crippen LogP contribution in [0.25, 0.3) is 17.0 Å². The number of halogens is 1. The second-order valence-electron chi connectivity index (χ2n) is 6.03. The standard InChI is InChI=1S/C20H18ClN5O/c1-27-17-8-4-15(5-9-17)18-12-19(26-20(25-18)23-13-24-26)22-11-10-14-2-6-16(21)7-3-14/h2-9,12-13,22H,10-11H2,1H3. The number of anilines is 1. The Labute approximate surface area is 161 Å². The van der Waals surface area contributed by atoms with Crippen LogP contribution in [0.4, 0.5) is 5.82 Å². The molecule has 2 aromatic carbocycles. The fourth-order valence-electron chi connectivity index (χ4n) is 2.83. The Kier molecular flexibility index (Phi) is 4.89. The van der Waals surface area contributed by atoms with Gasteiger partial charge in [0, 0.05) is 23.2 Å². The van der Waals surface area contributed by atoms with Gasteiger partial charge in [0.15, 0.2) is 0 Å². The largest absolute Gasteiger partial charge is 0.497 e. The van der Waals surface area contributed by atoms with Crippen molar-refractivity contribution < 1.29 is 4.74 Å². The van der Waals surface area contributed by atoms with E-state index in [2.05, 4.69) is 20.4 Å². The van der Waals surface area contributed by atoms with Crippen molar-refractivity contribution in [1.29, 1.82) is 0 Å². The van der Waals surface area contributed by atoms with Gasteiger partial charge < -0.3 is 10.1 Å². The number of hydrogen-bond donors (Lipinski definition) is 1. The molecule has 6 nitrogen and oxygen atoms in total. The van der Waals surface area contributed by atoms with Gasteiger partial charge >= 0.3 is 0 Å². The van der Waals surface area contributed by atoms with Gasteiger partial charge in [-0.25, -0.2) is 4.98 Å². The quantitative estimate of drug-likeness (QED) is 0.546. The van der Waals surface area contributed by atoms with Gasteiger partial charge in [0.25, 0.3) is 5.78 Å². The molecule has 0 bridgehead atoms. The van der Waals surface area contributed by atoms with Crippen molar-refractivity contribution in [3.8, 4) is 17.0 Å². The number of nitrogens with zero attached hydrogens (tertiary/aromatic N) is 4. The first kappa shape index (κ1) is 17.3. The molecule has 0 saturated heterocycles. The molecule has 2 heterocycles. The van der Waals surface area contributed by atoms with Crippen molar-refractivity contribution in [1.82, 2.24) is 19.6 Å². The number of methoxy groups -OCH3 is 1. The summed E-state index contributed by atoms with van der Waals surface area (Å²) < 4.78 is 6.92. The van der Waals surface area contributed by atoms with E-state index in [9.17, 15) is 0 Å². The van der Waals surface area contributed by atoms with Crippen LogP contribution < -0.4 is 10.1 Å². The van der Waals surface area contributed by atoms with Crippen LogP contribution in [0.3, 0.4) is 0 Å². The van der Waals surface area contributed by atoms with Gasteiger partial charge in [0.2, 0.25) is 0 Å². The van der Waals surface area contributed by atoms with Crippen LogP contribution in [-0.4, -0.2) is 33.2 Å². The SMILES string of the molecule is COc1ccc(-c2cc(NCCc3ccc(Cl)cc3)n3ncnc3n2)cc1. The molecule has 0 atom stereocenters. The molecule has 0 saturated carbocycles. The third kappa shape index (κ3) is 3.85. The Bertz CT molecular complexity index is 1040. The second kappa shape index (κ2) is 7.63. The highest BCUT2D eigenvalue weighted by Gasteiger charge is 2.09. The van der Waals surface area contributed by atoms with Crippen LogP contribution in [0.2, 0.25) is 5.02 Å². The molecule has 0 aliphatic carbocycles. The van der Waals surface area contributed by atoms with Gasteiger partial charge in [-0.1, -0.05) is 23.7 Å². The molecule has 0 aliphatic heterocycles. The Morgan fingerprint density at radius 3 is 2.59 bits per heavy atom. The lowest BCUT2D eigenvalue weighted by molar-refractivity contribution is 0.415. The maximum atomic E-state index is 5.94. The van der Waals surface area contributed by atoms with E-state index >= 15 is 0 Å². The number of nitrogens with one attached hydrogen (secondary N) is 1. The first-order valence-corrected chi connectivity index (χ1v) is 8.94. The summed E-state index contributed by atoms with van der Waals surface area (Å²) >= 11 is 5.94. The Hall–Kier alpha value is -3.12. The zero-order chi connectivity index (χ0) is 18.6. The van der Waals surface area contributed by atoms with Crippen molar-refractivity contribution in [3.05, 3.63) is 71.5 Å². The highest BCUT2D eigenvalue weighted by Crippen LogP contribution is 2.24. The fraction of sp³-hybridized carbons (Fsp3) is 0.150. The molecule has 0 unspecified atom stereocenters. The smallest absolute Gasteiger partial charge is 0.254 e. The van der Waals surface area contributed by atoms with Gasteiger partial charge in [0.1, 0.15) is 17.9 Å². The molecule has 0 aliphatic rings. The lowest BCUT2D eigenvalue weighted by atomic mass is 10.1. The fourth-order valence-corrected chi connectivity index (χ4v) is 2.96. The molecule has 0 amide bonds. The van der Waals surface area contributed by atoms with E-state index in [-0.39, 0.29) is 0 Å². The minimum atomic E-state index is 0.553. The predicted octanol–water partition coefficient (Wildman–Crippen LogP) is 4.11. The van der Waals surface area contributed by atoms with Crippen LogP contribution in [0.5, 0.6) is 5.75 Å². The lowest BCUT2D eigenvalue weighted by Gasteiger charge is -2.10. The number of benzene rings is 2. The zero-order valence-electron chi connectivity index (χ0n) is 14.8. The van der Waals surface area contributed by atoms with E-state index in [1.807, 2.05) is 54.6 Å². The summed E-state index contributed by atoms with van der Waals surface area (Å²) in [5.41, 5.74) is 3.03. The Balaban J connectivity index is 1.57. The van der Waals surface area contributed by atoms with E-state index in [1.54, 1.807) is 11.6 Å². The summed E-state index contributed by atoms with van der Waals surface area (Å²) in [6.45, 7) is 0.753. The van der Waals surface area contributed by atoms with Gasteiger partial charge in [-0.2, -0.15) is 14.6 Å². The Morgan fingerprint density at radius 1 is 1.07 bits per heavy atom. The van der Waals surface area contributed by atoms with Crippen LogP contribution in [0, 0.1) is 0 Å². The molecular formula is C20H18ClN5O. The summed E-state index contributed by atoms with van der Waals surface area (Å²) in [7, 11) is 1.65. The monoisotopic (exact) mass is 379 g/mol. The van der Waals surface area contributed by atoms with E-state index in [4.69, 9.17) is 16.3 Å². The van der Waals surface area contributed by atoms with Crippen molar-refractivity contribution in [2.75, 3.05) is 19.0 Å². The molecule has 0 radical (unpaired) electrons. The van der Waals surface area contributed by atoms with Crippen LogP contribution in [0.15, 0.2) is 60.9 Å². The first-order valence-electron chi connectivity index (χ1n) is 8.56. The molecule has 4 rings (SSSR count). The predicted molar refractivity (Wildman–Crippen MR) is 106 cm³/mol. The normalized spacial score (nSPS) is 10.9. The molecule has 7 heteroatoms. The van der Waals surface area contributed by atoms with Crippen LogP contribution in [0.1, 0.15) is 5.56 Å². The molecule has 0 fully saturated rings. The van der Waals surface area contributed by atoms with Crippen molar-refractivity contribution in [3.63, 3.8) is 0 Å². The highest BCUT2D eigenvalue weighted by molar-refractivity contribution is 6.30. The third-order valence-electron chi connectivity index (χ3n) is 4.27. The summed E-state index contributed by atoms with van der Waals surface area (Å²) in [5.74, 6) is 2.21. The zero-order valence-corrected chi connectivity index (χ0v) is 15.5. The maximum absolute atomic E-state index is 5.94. The summed E-state index contributed by atoms with van der Waals surface area (Å²) in [4.78, 5) is 8.83. The van der Waals surface area contributed by atoms with Crippen LogP contribution >= 0.6 is 11.6 Å². The minimum Gasteiger partial charge on any atom is -0.497 e.